The fourth-order valence-electron chi connectivity index (χ4n) is 2.49. The summed E-state index contributed by atoms with van der Waals surface area (Å²) in [5, 5.41) is 12.6. The maximum atomic E-state index is 13.4. The van der Waals surface area contributed by atoms with Crippen molar-refractivity contribution in [3.8, 4) is 11.5 Å². The van der Waals surface area contributed by atoms with Crippen LogP contribution in [-0.4, -0.2) is 12.2 Å². The number of rotatable bonds is 5. The molecule has 0 amide bonds. The molecule has 2 aromatic carbocycles. The van der Waals surface area contributed by atoms with Crippen LogP contribution in [0.4, 0.5) is 10.1 Å². The van der Waals surface area contributed by atoms with Crippen molar-refractivity contribution in [1.82, 2.24) is 0 Å². The smallest absolute Gasteiger partial charge is 0.166 e. The number of aromatic hydroxyl groups is 1. The van der Waals surface area contributed by atoms with Crippen molar-refractivity contribution in [2.75, 3.05) is 12.4 Å². The highest BCUT2D eigenvalue weighted by Crippen LogP contribution is 2.43. The van der Waals surface area contributed by atoms with Crippen molar-refractivity contribution in [3.63, 3.8) is 0 Å². The average molecular weight is 287 g/mol. The molecule has 4 heteroatoms. The Morgan fingerprint density at radius 2 is 1.90 bits per heavy atom. The number of methoxy groups -OCH3 is 1. The first kappa shape index (κ1) is 13.7. The Bertz CT molecular complexity index is 623. The SMILES string of the molecule is COc1ccc(C(Nc2ccc(O)c(F)c2)C2CC2)cc1. The van der Waals surface area contributed by atoms with Crippen LogP contribution < -0.4 is 10.1 Å². The van der Waals surface area contributed by atoms with Crippen molar-refractivity contribution in [3.05, 3.63) is 53.8 Å². The van der Waals surface area contributed by atoms with Gasteiger partial charge in [-0.05, 0) is 48.6 Å². The Labute approximate surface area is 123 Å². The Balaban J connectivity index is 1.82. The van der Waals surface area contributed by atoms with Gasteiger partial charge in [0.1, 0.15) is 5.75 Å². The first-order chi connectivity index (χ1) is 10.2. The predicted molar refractivity (Wildman–Crippen MR) is 80.1 cm³/mol. The van der Waals surface area contributed by atoms with E-state index in [1.54, 1.807) is 13.2 Å². The molecule has 1 atom stereocenters. The van der Waals surface area contributed by atoms with E-state index in [0.717, 1.165) is 11.3 Å². The lowest BCUT2D eigenvalue weighted by Crippen LogP contribution is -2.13. The Morgan fingerprint density at radius 1 is 1.19 bits per heavy atom. The number of benzene rings is 2. The summed E-state index contributed by atoms with van der Waals surface area (Å²) < 4.78 is 18.6. The number of hydrogen-bond acceptors (Lipinski definition) is 3. The van der Waals surface area contributed by atoms with Gasteiger partial charge < -0.3 is 15.2 Å². The predicted octanol–water partition coefficient (Wildman–Crippen LogP) is 4.10. The van der Waals surface area contributed by atoms with Crippen LogP contribution in [0.25, 0.3) is 0 Å². The van der Waals surface area contributed by atoms with E-state index in [1.807, 2.05) is 24.3 Å². The highest BCUT2D eigenvalue weighted by molar-refractivity contribution is 5.49. The summed E-state index contributed by atoms with van der Waals surface area (Å²) in [4.78, 5) is 0. The first-order valence-electron chi connectivity index (χ1n) is 7.06. The second-order valence-corrected chi connectivity index (χ2v) is 5.40. The van der Waals surface area contributed by atoms with E-state index < -0.39 is 5.82 Å². The third-order valence-electron chi connectivity index (χ3n) is 3.84. The largest absolute Gasteiger partial charge is 0.505 e. The first-order valence-corrected chi connectivity index (χ1v) is 7.06. The Morgan fingerprint density at radius 3 is 2.48 bits per heavy atom. The minimum absolute atomic E-state index is 0.153. The molecule has 3 rings (SSSR count). The third-order valence-corrected chi connectivity index (χ3v) is 3.84. The second-order valence-electron chi connectivity index (χ2n) is 5.40. The van der Waals surface area contributed by atoms with Crippen LogP contribution in [0.15, 0.2) is 42.5 Å². The molecule has 1 saturated carbocycles. The number of phenolic OH excluding ortho intramolecular Hbond substituents is 1. The lowest BCUT2D eigenvalue weighted by Gasteiger charge is -2.20. The molecule has 1 aliphatic carbocycles. The zero-order valence-corrected chi connectivity index (χ0v) is 11.8. The maximum Gasteiger partial charge on any atom is 0.166 e. The Hall–Kier alpha value is -2.23. The number of ether oxygens (including phenoxy) is 1. The molecule has 0 aliphatic heterocycles. The van der Waals surface area contributed by atoms with Crippen molar-refractivity contribution in [2.45, 2.75) is 18.9 Å². The molecular formula is C17H18FNO2. The number of phenols is 1. The van der Waals surface area contributed by atoms with Gasteiger partial charge in [0, 0.05) is 11.8 Å². The van der Waals surface area contributed by atoms with Crippen LogP contribution >= 0.6 is 0 Å². The highest BCUT2D eigenvalue weighted by atomic mass is 19.1. The molecule has 2 N–H and O–H groups in total. The molecule has 0 spiro atoms. The van der Waals surface area contributed by atoms with Crippen LogP contribution in [-0.2, 0) is 0 Å². The quantitative estimate of drug-likeness (QED) is 0.813. The minimum Gasteiger partial charge on any atom is -0.505 e. The molecule has 0 radical (unpaired) electrons. The summed E-state index contributed by atoms with van der Waals surface area (Å²) in [6.07, 6.45) is 2.34. The van der Waals surface area contributed by atoms with E-state index in [-0.39, 0.29) is 11.8 Å². The maximum absolute atomic E-state index is 13.4. The summed E-state index contributed by atoms with van der Waals surface area (Å²) in [6.45, 7) is 0. The van der Waals surface area contributed by atoms with E-state index >= 15 is 0 Å². The zero-order valence-electron chi connectivity index (χ0n) is 11.8. The van der Waals surface area contributed by atoms with Gasteiger partial charge in [0.15, 0.2) is 11.6 Å². The number of anilines is 1. The van der Waals surface area contributed by atoms with Crippen LogP contribution in [0.2, 0.25) is 0 Å². The van der Waals surface area contributed by atoms with E-state index in [0.29, 0.717) is 11.6 Å². The number of nitrogens with one attached hydrogen (secondary N) is 1. The minimum atomic E-state index is -0.607. The lowest BCUT2D eigenvalue weighted by atomic mass is 10.0. The number of hydrogen-bond donors (Lipinski definition) is 2. The molecular weight excluding hydrogens is 269 g/mol. The van der Waals surface area contributed by atoms with Crippen LogP contribution in [0.5, 0.6) is 11.5 Å². The molecule has 1 aliphatic rings. The molecule has 1 fully saturated rings. The fourth-order valence-corrected chi connectivity index (χ4v) is 2.49. The van der Waals surface area contributed by atoms with Crippen LogP contribution in [0.3, 0.4) is 0 Å². The van der Waals surface area contributed by atoms with E-state index in [4.69, 9.17) is 4.74 Å². The van der Waals surface area contributed by atoms with E-state index in [1.165, 1.54) is 25.0 Å². The molecule has 110 valence electrons. The fraction of sp³-hybridized carbons (Fsp3) is 0.294. The van der Waals surface area contributed by atoms with Gasteiger partial charge in [0.05, 0.1) is 13.2 Å². The zero-order chi connectivity index (χ0) is 14.8. The van der Waals surface area contributed by atoms with Gasteiger partial charge in [-0.2, -0.15) is 0 Å². The summed E-state index contributed by atoms with van der Waals surface area (Å²) in [7, 11) is 1.64. The summed E-state index contributed by atoms with van der Waals surface area (Å²) in [5.74, 6) is 0.455. The normalized spacial score (nSPS) is 15.5. The topological polar surface area (TPSA) is 41.5 Å². The van der Waals surface area contributed by atoms with E-state index in [2.05, 4.69) is 5.32 Å². The van der Waals surface area contributed by atoms with Gasteiger partial charge in [-0.15, -0.1) is 0 Å². The molecule has 0 heterocycles. The monoisotopic (exact) mass is 287 g/mol. The summed E-state index contributed by atoms with van der Waals surface area (Å²) in [5.41, 5.74) is 1.84. The lowest BCUT2D eigenvalue weighted by molar-refractivity contribution is 0.414. The molecule has 3 nitrogen and oxygen atoms in total. The third kappa shape index (κ3) is 3.10. The highest BCUT2D eigenvalue weighted by Gasteiger charge is 2.32. The molecule has 0 saturated heterocycles. The van der Waals surface area contributed by atoms with Gasteiger partial charge in [-0.25, -0.2) is 4.39 Å². The van der Waals surface area contributed by atoms with Crippen LogP contribution in [0.1, 0.15) is 24.4 Å². The van der Waals surface area contributed by atoms with Gasteiger partial charge in [0.25, 0.3) is 0 Å². The van der Waals surface area contributed by atoms with Gasteiger partial charge in [0.2, 0.25) is 0 Å². The van der Waals surface area contributed by atoms with Gasteiger partial charge in [-0.1, -0.05) is 12.1 Å². The molecule has 1 unspecified atom stereocenters. The average Bonchev–Trinajstić information content (AvgIpc) is 3.33. The molecule has 21 heavy (non-hydrogen) atoms. The van der Waals surface area contributed by atoms with Crippen molar-refractivity contribution in [1.29, 1.82) is 0 Å². The standard InChI is InChI=1S/C17H18FNO2/c1-21-14-7-4-12(5-8-14)17(11-2-3-11)19-13-6-9-16(20)15(18)10-13/h4-11,17,19-20H,2-3H2,1H3. The van der Waals surface area contributed by atoms with Crippen molar-refractivity contribution < 1.29 is 14.2 Å². The Kier molecular flexibility index (Phi) is 3.69. The molecule has 0 aromatic heterocycles. The van der Waals surface area contributed by atoms with Gasteiger partial charge in [-0.3, -0.25) is 0 Å². The van der Waals surface area contributed by atoms with Crippen molar-refractivity contribution in [2.24, 2.45) is 5.92 Å². The van der Waals surface area contributed by atoms with E-state index in [9.17, 15) is 9.50 Å². The summed E-state index contributed by atoms with van der Waals surface area (Å²) in [6, 6.07) is 12.5. The number of halogens is 1. The molecule has 0 bridgehead atoms. The molecule has 2 aromatic rings. The summed E-state index contributed by atoms with van der Waals surface area (Å²) >= 11 is 0. The second kappa shape index (κ2) is 5.64. The van der Waals surface area contributed by atoms with Crippen molar-refractivity contribution >= 4 is 5.69 Å². The van der Waals surface area contributed by atoms with Crippen LogP contribution in [0, 0.1) is 11.7 Å². The van der Waals surface area contributed by atoms with Gasteiger partial charge >= 0.3 is 0 Å².